The number of benzene rings is 1. The van der Waals surface area contributed by atoms with Crippen LogP contribution in [0.15, 0.2) is 27.8 Å². The zero-order valence-corrected chi connectivity index (χ0v) is 13.4. The molecule has 1 aromatic carbocycles. The fraction of sp³-hybridized carbons (Fsp3) is 0.467. The maximum atomic E-state index is 5.73. The monoisotopic (exact) mass is 308 g/mol. The number of thioether (sulfide) groups is 1. The first-order chi connectivity index (χ1) is 10.2. The smallest absolute Gasteiger partial charge is 0.276 e. The summed E-state index contributed by atoms with van der Waals surface area (Å²) in [6, 6.07) is 6.10. The lowest BCUT2D eigenvalue weighted by molar-refractivity contribution is 0.164. The van der Waals surface area contributed by atoms with E-state index in [1.54, 1.807) is 0 Å². The molecule has 0 aliphatic heterocycles. The van der Waals surface area contributed by atoms with Crippen LogP contribution in [0.25, 0.3) is 0 Å². The van der Waals surface area contributed by atoms with E-state index in [2.05, 4.69) is 16.3 Å². The Kier molecular flexibility index (Phi) is 6.07. The van der Waals surface area contributed by atoms with Gasteiger partial charge in [-0.15, -0.1) is 10.2 Å². The van der Waals surface area contributed by atoms with E-state index in [0.717, 1.165) is 29.2 Å². The molecule has 0 aliphatic rings. The van der Waals surface area contributed by atoms with Crippen molar-refractivity contribution in [2.75, 3.05) is 19.0 Å². The van der Waals surface area contributed by atoms with Crippen LogP contribution in [-0.2, 0) is 11.3 Å². The van der Waals surface area contributed by atoms with Crippen molar-refractivity contribution in [1.29, 1.82) is 0 Å². The zero-order chi connectivity index (χ0) is 15.1. The number of aryl methyl sites for hydroxylation is 2. The van der Waals surface area contributed by atoms with E-state index in [9.17, 15) is 0 Å². The van der Waals surface area contributed by atoms with Crippen LogP contribution in [-0.4, -0.2) is 29.2 Å². The average molecular weight is 308 g/mol. The van der Waals surface area contributed by atoms with Crippen molar-refractivity contribution in [3.05, 3.63) is 35.2 Å². The van der Waals surface area contributed by atoms with Gasteiger partial charge in [0.2, 0.25) is 0 Å². The topological polar surface area (TPSA) is 57.4 Å². The molecule has 1 heterocycles. The average Bonchev–Trinajstić information content (AvgIpc) is 2.92. The van der Waals surface area contributed by atoms with E-state index in [-0.39, 0.29) is 6.61 Å². The highest BCUT2D eigenvalue weighted by Gasteiger charge is 2.08. The van der Waals surface area contributed by atoms with Gasteiger partial charge >= 0.3 is 0 Å². The van der Waals surface area contributed by atoms with Gasteiger partial charge in [-0.2, -0.15) is 0 Å². The van der Waals surface area contributed by atoms with Crippen molar-refractivity contribution in [2.45, 2.75) is 32.6 Å². The zero-order valence-electron chi connectivity index (χ0n) is 12.6. The molecule has 0 N–H and O–H groups in total. The second kappa shape index (κ2) is 8.05. The van der Waals surface area contributed by atoms with Crippen LogP contribution in [0, 0.1) is 13.8 Å². The van der Waals surface area contributed by atoms with Gasteiger partial charge in [0.05, 0.1) is 6.61 Å². The van der Waals surface area contributed by atoms with Gasteiger partial charge in [0.15, 0.2) is 6.61 Å². The third-order valence-electron chi connectivity index (χ3n) is 2.80. The molecule has 5 nitrogen and oxygen atoms in total. The van der Waals surface area contributed by atoms with Gasteiger partial charge in [-0.05, 0) is 38.0 Å². The molecule has 6 heteroatoms. The van der Waals surface area contributed by atoms with E-state index in [1.807, 2.05) is 32.9 Å². The van der Waals surface area contributed by atoms with Gasteiger partial charge in [0.25, 0.3) is 11.1 Å². The van der Waals surface area contributed by atoms with Crippen LogP contribution < -0.4 is 4.74 Å². The highest BCUT2D eigenvalue weighted by Crippen LogP contribution is 2.21. The highest BCUT2D eigenvalue weighted by molar-refractivity contribution is 7.99. The van der Waals surface area contributed by atoms with E-state index < -0.39 is 0 Å². The summed E-state index contributed by atoms with van der Waals surface area (Å²) < 4.78 is 16.5. The fourth-order valence-corrected chi connectivity index (χ4v) is 2.32. The SMILES string of the molecule is CCOCCSc1nnc(COc2cc(C)ccc2C)o1. The summed E-state index contributed by atoms with van der Waals surface area (Å²) in [5.74, 6) is 2.13. The van der Waals surface area contributed by atoms with Gasteiger partial charge in [-0.1, -0.05) is 23.9 Å². The summed E-state index contributed by atoms with van der Waals surface area (Å²) in [4.78, 5) is 0. The first kappa shape index (κ1) is 15.9. The molecule has 0 aliphatic carbocycles. The van der Waals surface area contributed by atoms with E-state index in [4.69, 9.17) is 13.9 Å². The van der Waals surface area contributed by atoms with E-state index in [0.29, 0.717) is 17.7 Å². The number of hydrogen-bond acceptors (Lipinski definition) is 6. The van der Waals surface area contributed by atoms with Crippen LogP contribution in [0.3, 0.4) is 0 Å². The summed E-state index contributed by atoms with van der Waals surface area (Å²) in [7, 11) is 0. The fourth-order valence-electron chi connectivity index (χ4n) is 1.69. The Morgan fingerprint density at radius 2 is 2.10 bits per heavy atom. The number of aromatic nitrogens is 2. The summed E-state index contributed by atoms with van der Waals surface area (Å²) >= 11 is 1.49. The Morgan fingerprint density at radius 3 is 2.90 bits per heavy atom. The molecule has 0 saturated carbocycles. The van der Waals surface area contributed by atoms with Crippen LogP contribution in [0.2, 0.25) is 0 Å². The molecule has 0 amide bonds. The van der Waals surface area contributed by atoms with Crippen molar-refractivity contribution in [3.63, 3.8) is 0 Å². The van der Waals surface area contributed by atoms with Crippen molar-refractivity contribution in [2.24, 2.45) is 0 Å². The van der Waals surface area contributed by atoms with Gasteiger partial charge in [-0.3, -0.25) is 0 Å². The minimum atomic E-state index is 0.281. The third kappa shape index (κ3) is 5.06. The molecule has 1 aromatic heterocycles. The summed E-state index contributed by atoms with van der Waals surface area (Å²) in [5.41, 5.74) is 2.25. The first-order valence-electron chi connectivity index (χ1n) is 6.92. The van der Waals surface area contributed by atoms with Gasteiger partial charge in [-0.25, -0.2) is 0 Å². The minimum absolute atomic E-state index is 0.281. The quantitative estimate of drug-likeness (QED) is 0.550. The lowest BCUT2D eigenvalue weighted by atomic mass is 10.1. The molecule has 21 heavy (non-hydrogen) atoms. The summed E-state index contributed by atoms with van der Waals surface area (Å²) in [6.45, 7) is 7.70. The predicted molar refractivity (Wildman–Crippen MR) is 81.8 cm³/mol. The van der Waals surface area contributed by atoms with Crippen molar-refractivity contribution >= 4 is 11.8 Å². The largest absolute Gasteiger partial charge is 0.484 e. The van der Waals surface area contributed by atoms with Crippen LogP contribution in [0.1, 0.15) is 23.9 Å². The minimum Gasteiger partial charge on any atom is -0.484 e. The normalized spacial score (nSPS) is 10.8. The number of ether oxygens (including phenoxy) is 2. The molecule has 0 bridgehead atoms. The molecule has 114 valence electrons. The molecule has 2 aromatic rings. The summed E-state index contributed by atoms with van der Waals surface area (Å²) in [5, 5.41) is 8.51. The first-order valence-corrected chi connectivity index (χ1v) is 7.90. The van der Waals surface area contributed by atoms with Crippen molar-refractivity contribution in [3.8, 4) is 5.75 Å². The Bertz CT molecular complexity index is 572. The molecular formula is C15H20N2O3S. The number of hydrogen-bond donors (Lipinski definition) is 0. The molecule has 2 rings (SSSR count). The van der Waals surface area contributed by atoms with Gasteiger partial charge < -0.3 is 13.9 Å². The lowest BCUT2D eigenvalue weighted by Crippen LogP contribution is -1.97. The Balaban J connectivity index is 1.83. The number of nitrogens with zero attached hydrogens (tertiary/aromatic N) is 2. The Hall–Kier alpha value is -1.53. The molecule has 0 unspecified atom stereocenters. The highest BCUT2D eigenvalue weighted by atomic mass is 32.2. The molecule has 0 spiro atoms. The van der Waals surface area contributed by atoms with E-state index in [1.165, 1.54) is 11.8 Å². The van der Waals surface area contributed by atoms with Crippen molar-refractivity contribution in [1.82, 2.24) is 10.2 Å². The van der Waals surface area contributed by atoms with Crippen molar-refractivity contribution < 1.29 is 13.9 Å². The molecule has 0 atom stereocenters. The van der Waals surface area contributed by atoms with Crippen LogP contribution in [0.4, 0.5) is 0 Å². The standard InChI is InChI=1S/C15H20N2O3S/c1-4-18-7-8-21-15-17-16-14(20-15)10-19-13-9-11(2)5-6-12(13)3/h5-6,9H,4,7-8,10H2,1-3H3. The maximum absolute atomic E-state index is 5.73. The molecule has 0 fully saturated rings. The van der Waals surface area contributed by atoms with Crippen LogP contribution >= 0.6 is 11.8 Å². The Morgan fingerprint density at radius 1 is 1.24 bits per heavy atom. The second-order valence-corrected chi connectivity index (χ2v) is 5.61. The van der Waals surface area contributed by atoms with Gasteiger partial charge in [0, 0.05) is 12.4 Å². The number of rotatable bonds is 8. The molecule has 0 saturated heterocycles. The van der Waals surface area contributed by atoms with Crippen LogP contribution in [0.5, 0.6) is 5.75 Å². The van der Waals surface area contributed by atoms with Gasteiger partial charge in [0.1, 0.15) is 5.75 Å². The molecular weight excluding hydrogens is 288 g/mol. The predicted octanol–water partition coefficient (Wildman–Crippen LogP) is 3.39. The lowest BCUT2D eigenvalue weighted by Gasteiger charge is -2.07. The molecule has 0 radical (unpaired) electrons. The van der Waals surface area contributed by atoms with E-state index >= 15 is 0 Å². The summed E-state index contributed by atoms with van der Waals surface area (Å²) in [6.07, 6.45) is 0. The third-order valence-corrected chi connectivity index (χ3v) is 3.58. The maximum Gasteiger partial charge on any atom is 0.276 e. The second-order valence-electron chi connectivity index (χ2n) is 4.56. The Labute approximate surface area is 129 Å².